The van der Waals surface area contributed by atoms with Crippen molar-refractivity contribution in [1.82, 2.24) is 9.97 Å². The van der Waals surface area contributed by atoms with Crippen LogP contribution in [0.25, 0.3) is 0 Å². The Kier molecular flexibility index (Phi) is 3.00. The van der Waals surface area contributed by atoms with Crippen LogP contribution >= 0.6 is 0 Å². The Balaban J connectivity index is 2.02. The molecule has 82 valence electrons. The van der Waals surface area contributed by atoms with E-state index in [-0.39, 0.29) is 0 Å². The lowest BCUT2D eigenvalue weighted by molar-refractivity contribution is 1.06. The third-order valence-electron chi connectivity index (χ3n) is 2.21. The summed E-state index contributed by atoms with van der Waals surface area (Å²) in [4.78, 5) is 8.14. The maximum Gasteiger partial charge on any atom is 0.224 e. The molecular weight excluding hydrogens is 200 g/mol. The molecule has 0 radical (unpaired) electrons. The van der Waals surface area contributed by atoms with Gasteiger partial charge >= 0.3 is 0 Å². The van der Waals surface area contributed by atoms with E-state index in [4.69, 9.17) is 5.73 Å². The highest BCUT2D eigenvalue weighted by molar-refractivity contribution is 5.36. The second kappa shape index (κ2) is 4.61. The normalized spacial score (nSPS) is 10.1. The van der Waals surface area contributed by atoms with Gasteiger partial charge in [0, 0.05) is 12.7 Å². The van der Waals surface area contributed by atoms with Gasteiger partial charge in [-0.2, -0.15) is 4.98 Å². The van der Waals surface area contributed by atoms with E-state index >= 15 is 0 Å². The molecule has 0 atom stereocenters. The van der Waals surface area contributed by atoms with Crippen LogP contribution in [-0.2, 0) is 6.54 Å². The highest BCUT2D eigenvalue weighted by Gasteiger charge is 1.97. The van der Waals surface area contributed by atoms with E-state index in [9.17, 15) is 0 Å². The van der Waals surface area contributed by atoms with Crippen LogP contribution in [0.15, 0.2) is 36.5 Å². The SMILES string of the molecule is Cc1cccc(CNc2nccc(N)n2)c1. The number of nitrogens with zero attached hydrogens (tertiary/aromatic N) is 2. The van der Waals surface area contributed by atoms with Gasteiger partial charge in [0.2, 0.25) is 5.95 Å². The van der Waals surface area contributed by atoms with Crippen LogP contribution in [0.5, 0.6) is 0 Å². The van der Waals surface area contributed by atoms with Crippen molar-refractivity contribution in [3.63, 3.8) is 0 Å². The molecule has 0 fully saturated rings. The zero-order chi connectivity index (χ0) is 11.4. The van der Waals surface area contributed by atoms with Gasteiger partial charge in [0.25, 0.3) is 0 Å². The van der Waals surface area contributed by atoms with Gasteiger partial charge in [0.05, 0.1) is 0 Å². The summed E-state index contributed by atoms with van der Waals surface area (Å²) < 4.78 is 0. The highest BCUT2D eigenvalue weighted by Crippen LogP contribution is 2.07. The molecule has 0 spiro atoms. The minimum Gasteiger partial charge on any atom is -0.384 e. The number of anilines is 2. The van der Waals surface area contributed by atoms with E-state index in [0.717, 1.165) is 0 Å². The van der Waals surface area contributed by atoms with E-state index in [1.165, 1.54) is 11.1 Å². The minimum atomic E-state index is 0.474. The van der Waals surface area contributed by atoms with Crippen LogP contribution in [0, 0.1) is 6.92 Å². The molecule has 4 heteroatoms. The van der Waals surface area contributed by atoms with Crippen LogP contribution < -0.4 is 11.1 Å². The molecule has 0 amide bonds. The van der Waals surface area contributed by atoms with Crippen molar-refractivity contribution in [3.8, 4) is 0 Å². The van der Waals surface area contributed by atoms with E-state index in [2.05, 4.69) is 40.4 Å². The largest absolute Gasteiger partial charge is 0.384 e. The molecular formula is C12H14N4. The molecule has 0 saturated carbocycles. The summed E-state index contributed by atoms with van der Waals surface area (Å²) in [6.07, 6.45) is 1.64. The number of benzene rings is 1. The number of aryl methyl sites for hydroxylation is 1. The highest BCUT2D eigenvalue weighted by atomic mass is 15.1. The molecule has 16 heavy (non-hydrogen) atoms. The zero-order valence-corrected chi connectivity index (χ0v) is 9.14. The first kappa shape index (κ1) is 10.4. The van der Waals surface area contributed by atoms with Gasteiger partial charge in [-0.1, -0.05) is 29.8 Å². The number of hydrogen-bond donors (Lipinski definition) is 2. The van der Waals surface area contributed by atoms with Crippen LogP contribution in [0.1, 0.15) is 11.1 Å². The quantitative estimate of drug-likeness (QED) is 0.820. The number of aromatic nitrogens is 2. The summed E-state index contributed by atoms with van der Waals surface area (Å²) in [5.74, 6) is 1.03. The van der Waals surface area contributed by atoms with Crippen molar-refractivity contribution in [2.45, 2.75) is 13.5 Å². The standard InChI is InChI=1S/C12H14N4/c1-9-3-2-4-10(7-9)8-15-12-14-6-5-11(13)16-12/h2-7H,8H2,1H3,(H3,13,14,15,16). The summed E-state index contributed by atoms with van der Waals surface area (Å²) in [5.41, 5.74) is 8.00. The number of rotatable bonds is 3. The number of nitrogens with two attached hydrogens (primary N) is 1. The Morgan fingerprint density at radius 3 is 2.94 bits per heavy atom. The average molecular weight is 214 g/mol. The van der Waals surface area contributed by atoms with Gasteiger partial charge in [0.15, 0.2) is 0 Å². The first-order valence-electron chi connectivity index (χ1n) is 5.12. The molecule has 0 aliphatic rings. The summed E-state index contributed by atoms with van der Waals surface area (Å²) in [5, 5.41) is 3.13. The third-order valence-corrected chi connectivity index (χ3v) is 2.21. The van der Waals surface area contributed by atoms with Crippen molar-refractivity contribution in [2.24, 2.45) is 0 Å². The van der Waals surface area contributed by atoms with Gasteiger partial charge in [0.1, 0.15) is 5.82 Å². The first-order chi connectivity index (χ1) is 7.74. The minimum absolute atomic E-state index is 0.474. The molecule has 0 saturated heterocycles. The molecule has 1 aromatic heterocycles. The summed E-state index contributed by atoms with van der Waals surface area (Å²) >= 11 is 0. The lowest BCUT2D eigenvalue weighted by atomic mass is 10.1. The second-order valence-corrected chi connectivity index (χ2v) is 3.65. The Labute approximate surface area is 94.5 Å². The molecule has 3 N–H and O–H groups in total. The fourth-order valence-electron chi connectivity index (χ4n) is 1.46. The lowest BCUT2D eigenvalue weighted by Crippen LogP contribution is -2.04. The van der Waals surface area contributed by atoms with Gasteiger partial charge < -0.3 is 11.1 Å². The van der Waals surface area contributed by atoms with Gasteiger partial charge in [-0.15, -0.1) is 0 Å². The molecule has 4 nitrogen and oxygen atoms in total. The van der Waals surface area contributed by atoms with E-state index in [1.54, 1.807) is 12.3 Å². The first-order valence-corrected chi connectivity index (χ1v) is 5.12. The predicted molar refractivity (Wildman–Crippen MR) is 65.0 cm³/mol. The van der Waals surface area contributed by atoms with E-state index in [1.807, 2.05) is 6.07 Å². The van der Waals surface area contributed by atoms with Gasteiger partial charge in [-0.3, -0.25) is 0 Å². The van der Waals surface area contributed by atoms with Crippen molar-refractivity contribution in [2.75, 3.05) is 11.1 Å². The van der Waals surface area contributed by atoms with Crippen LogP contribution in [0.2, 0.25) is 0 Å². The average Bonchev–Trinajstić information content (AvgIpc) is 2.27. The maximum absolute atomic E-state index is 5.56. The molecule has 2 aromatic rings. The topological polar surface area (TPSA) is 63.8 Å². The summed E-state index contributed by atoms with van der Waals surface area (Å²) in [7, 11) is 0. The predicted octanol–water partition coefficient (Wildman–Crippen LogP) is 1.98. The smallest absolute Gasteiger partial charge is 0.224 e. The molecule has 1 heterocycles. The molecule has 0 unspecified atom stereocenters. The number of nitrogen functional groups attached to an aromatic ring is 1. The van der Waals surface area contributed by atoms with Crippen molar-refractivity contribution < 1.29 is 0 Å². The van der Waals surface area contributed by atoms with Crippen molar-refractivity contribution in [1.29, 1.82) is 0 Å². The van der Waals surface area contributed by atoms with E-state index < -0.39 is 0 Å². The van der Waals surface area contributed by atoms with Crippen molar-refractivity contribution >= 4 is 11.8 Å². The zero-order valence-electron chi connectivity index (χ0n) is 9.14. The van der Waals surface area contributed by atoms with Crippen LogP contribution in [0.4, 0.5) is 11.8 Å². The Morgan fingerprint density at radius 2 is 2.19 bits per heavy atom. The van der Waals surface area contributed by atoms with Crippen LogP contribution in [-0.4, -0.2) is 9.97 Å². The van der Waals surface area contributed by atoms with Crippen LogP contribution in [0.3, 0.4) is 0 Å². The molecule has 1 aromatic carbocycles. The summed E-state index contributed by atoms with van der Waals surface area (Å²) in [6, 6.07) is 9.95. The van der Waals surface area contributed by atoms with Gasteiger partial charge in [-0.25, -0.2) is 4.98 Å². The fourth-order valence-corrected chi connectivity index (χ4v) is 1.46. The van der Waals surface area contributed by atoms with Gasteiger partial charge in [-0.05, 0) is 18.6 Å². The Hall–Kier alpha value is -2.10. The Bertz CT molecular complexity index is 436. The number of nitrogens with one attached hydrogen (secondary N) is 1. The van der Waals surface area contributed by atoms with Crippen molar-refractivity contribution in [3.05, 3.63) is 47.7 Å². The van der Waals surface area contributed by atoms with E-state index in [0.29, 0.717) is 18.3 Å². The summed E-state index contributed by atoms with van der Waals surface area (Å²) in [6.45, 7) is 2.77. The third kappa shape index (κ3) is 2.70. The molecule has 0 aliphatic carbocycles. The maximum atomic E-state index is 5.56. The fraction of sp³-hybridized carbons (Fsp3) is 0.167. The lowest BCUT2D eigenvalue weighted by Gasteiger charge is -2.05. The molecule has 0 bridgehead atoms. The monoisotopic (exact) mass is 214 g/mol. The Morgan fingerprint density at radius 1 is 1.31 bits per heavy atom. The molecule has 0 aliphatic heterocycles. The number of hydrogen-bond acceptors (Lipinski definition) is 4. The second-order valence-electron chi connectivity index (χ2n) is 3.65. The molecule has 2 rings (SSSR count).